The Labute approximate surface area is 157 Å². The predicted molar refractivity (Wildman–Crippen MR) is 108 cm³/mol. The summed E-state index contributed by atoms with van der Waals surface area (Å²) in [5.74, 6) is 0.778. The van der Waals surface area contributed by atoms with E-state index in [0.29, 0.717) is 18.0 Å². The van der Waals surface area contributed by atoms with E-state index < -0.39 is 0 Å². The Morgan fingerprint density at radius 3 is 2.50 bits per heavy atom. The number of aryl methyl sites for hydroxylation is 1. The second kappa shape index (κ2) is 10.2. The summed E-state index contributed by atoms with van der Waals surface area (Å²) < 4.78 is 0. The lowest BCUT2D eigenvalue weighted by Gasteiger charge is -2.16. The van der Waals surface area contributed by atoms with Crippen LogP contribution < -0.4 is 0 Å². The largest absolute Gasteiger partial charge is 0.396 e. The zero-order valence-electron chi connectivity index (χ0n) is 16.0. The maximum absolute atomic E-state index is 12.6. The number of benzene rings is 1. The molecule has 0 radical (unpaired) electrons. The molecule has 1 saturated heterocycles. The van der Waals surface area contributed by atoms with Crippen LogP contribution in [-0.2, 0) is 11.2 Å². The topological polar surface area (TPSA) is 40.5 Å². The van der Waals surface area contributed by atoms with Gasteiger partial charge in [-0.1, -0.05) is 60.7 Å². The summed E-state index contributed by atoms with van der Waals surface area (Å²) in [4.78, 5) is 14.7. The van der Waals surface area contributed by atoms with Crippen LogP contribution in [0.4, 0.5) is 0 Å². The predicted octanol–water partition coefficient (Wildman–Crippen LogP) is 3.81. The van der Waals surface area contributed by atoms with E-state index >= 15 is 0 Å². The van der Waals surface area contributed by atoms with Gasteiger partial charge in [0.15, 0.2) is 5.78 Å². The van der Waals surface area contributed by atoms with Crippen molar-refractivity contribution < 1.29 is 9.90 Å². The van der Waals surface area contributed by atoms with E-state index in [0.717, 1.165) is 31.5 Å². The number of ketones is 1. The van der Waals surface area contributed by atoms with E-state index in [1.165, 1.54) is 5.56 Å². The van der Waals surface area contributed by atoms with Crippen molar-refractivity contribution in [3.05, 3.63) is 71.8 Å². The molecule has 2 rings (SSSR count). The maximum atomic E-state index is 12.6. The van der Waals surface area contributed by atoms with Gasteiger partial charge in [-0.15, -0.1) is 0 Å². The molecule has 0 amide bonds. The standard InChI is InChI=1S/C23H31NO2/c1-4-20(12-10-18(2)3)23(26)16-24-14-21(22(15-24)17-25)13-11-19-8-6-5-7-9-19/h4-10,12,21-22,25H,1,11,13-17H2,2-3H3/b20-12+/t21-,22-/m1/s1. The van der Waals surface area contributed by atoms with Crippen molar-refractivity contribution in [2.24, 2.45) is 11.8 Å². The fraction of sp³-hybridized carbons (Fsp3) is 0.435. The summed E-state index contributed by atoms with van der Waals surface area (Å²) in [7, 11) is 0. The third-order valence-corrected chi connectivity index (χ3v) is 5.04. The van der Waals surface area contributed by atoms with Gasteiger partial charge in [-0.25, -0.2) is 0 Å². The Hall–Kier alpha value is -1.97. The molecule has 1 aromatic carbocycles. The molecule has 0 aromatic heterocycles. The number of allylic oxidation sites excluding steroid dienone is 4. The average molecular weight is 354 g/mol. The van der Waals surface area contributed by atoms with Gasteiger partial charge in [-0.3, -0.25) is 9.69 Å². The number of rotatable bonds is 9. The molecular formula is C23H31NO2. The minimum absolute atomic E-state index is 0.0953. The lowest BCUT2D eigenvalue weighted by Crippen LogP contribution is -2.29. The summed E-state index contributed by atoms with van der Waals surface area (Å²) in [6, 6.07) is 10.5. The molecule has 1 N–H and O–H groups in total. The number of hydrogen-bond donors (Lipinski definition) is 1. The lowest BCUT2D eigenvalue weighted by atomic mass is 9.91. The van der Waals surface area contributed by atoms with Gasteiger partial charge in [0, 0.05) is 25.3 Å². The first-order valence-electron chi connectivity index (χ1n) is 9.41. The summed E-state index contributed by atoms with van der Waals surface area (Å²) in [5.41, 5.74) is 3.14. The summed E-state index contributed by atoms with van der Waals surface area (Å²) in [6.45, 7) is 10.0. The van der Waals surface area contributed by atoms with Crippen LogP contribution in [0, 0.1) is 11.8 Å². The molecule has 2 atom stereocenters. The number of aliphatic hydroxyl groups is 1. The van der Waals surface area contributed by atoms with Crippen molar-refractivity contribution in [2.45, 2.75) is 26.7 Å². The third-order valence-electron chi connectivity index (χ3n) is 5.04. The van der Waals surface area contributed by atoms with E-state index in [-0.39, 0.29) is 18.3 Å². The van der Waals surface area contributed by atoms with Crippen molar-refractivity contribution >= 4 is 5.78 Å². The smallest absolute Gasteiger partial charge is 0.176 e. The van der Waals surface area contributed by atoms with Gasteiger partial charge in [0.25, 0.3) is 0 Å². The molecule has 3 nitrogen and oxygen atoms in total. The minimum Gasteiger partial charge on any atom is -0.396 e. The van der Waals surface area contributed by atoms with E-state index in [4.69, 9.17) is 0 Å². The Balaban J connectivity index is 1.93. The Bertz CT molecular complexity index is 656. The summed E-state index contributed by atoms with van der Waals surface area (Å²) in [6.07, 6.45) is 7.48. The van der Waals surface area contributed by atoms with Crippen molar-refractivity contribution in [1.82, 2.24) is 4.90 Å². The molecule has 0 unspecified atom stereocenters. The summed E-state index contributed by atoms with van der Waals surface area (Å²) in [5, 5.41) is 9.74. The number of likely N-dealkylation sites (tertiary alicyclic amines) is 1. The maximum Gasteiger partial charge on any atom is 0.176 e. The highest BCUT2D eigenvalue weighted by atomic mass is 16.3. The molecule has 1 heterocycles. The highest BCUT2D eigenvalue weighted by molar-refractivity contribution is 5.99. The van der Waals surface area contributed by atoms with E-state index in [9.17, 15) is 9.90 Å². The number of carbonyl (C=O) groups is 1. The second-order valence-electron chi connectivity index (χ2n) is 7.41. The number of aliphatic hydroxyl groups excluding tert-OH is 1. The molecule has 0 aliphatic carbocycles. The first-order valence-corrected chi connectivity index (χ1v) is 9.41. The van der Waals surface area contributed by atoms with Crippen LogP contribution in [0.25, 0.3) is 0 Å². The molecule has 0 spiro atoms. The van der Waals surface area contributed by atoms with Crippen LogP contribution in [0.2, 0.25) is 0 Å². The van der Waals surface area contributed by atoms with E-state index in [1.54, 1.807) is 6.08 Å². The number of Topliss-reactive ketones (excluding diaryl/α,β-unsaturated/α-hetero) is 1. The van der Waals surface area contributed by atoms with Crippen LogP contribution in [-0.4, -0.2) is 42.0 Å². The minimum atomic E-state index is 0.0953. The highest BCUT2D eigenvalue weighted by Gasteiger charge is 2.32. The fourth-order valence-corrected chi connectivity index (χ4v) is 3.52. The molecule has 140 valence electrons. The number of nitrogens with zero attached hydrogens (tertiary/aromatic N) is 1. The zero-order valence-corrected chi connectivity index (χ0v) is 16.0. The average Bonchev–Trinajstić information content (AvgIpc) is 3.02. The van der Waals surface area contributed by atoms with Gasteiger partial charge < -0.3 is 5.11 Å². The van der Waals surface area contributed by atoms with Gasteiger partial charge in [0.05, 0.1) is 6.54 Å². The van der Waals surface area contributed by atoms with Gasteiger partial charge in [0.2, 0.25) is 0 Å². The van der Waals surface area contributed by atoms with E-state index in [2.05, 4.69) is 35.7 Å². The monoisotopic (exact) mass is 353 g/mol. The normalized spacial score (nSPS) is 20.8. The molecule has 26 heavy (non-hydrogen) atoms. The van der Waals surface area contributed by atoms with Crippen LogP contribution in [0.15, 0.2) is 66.3 Å². The molecule has 0 bridgehead atoms. The molecule has 1 aliphatic heterocycles. The third kappa shape index (κ3) is 6.08. The fourth-order valence-electron chi connectivity index (χ4n) is 3.52. The van der Waals surface area contributed by atoms with Gasteiger partial charge in [-0.05, 0) is 44.1 Å². The van der Waals surface area contributed by atoms with Gasteiger partial charge in [-0.2, -0.15) is 0 Å². The lowest BCUT2D eigenvalue weighted by molar-refractivity contribution is -0.116. The molecule has 3 heteroatoms. The van der Waals surface area contributed by atoms with E-state index in [1.807, 2.05) is 32.1 Å². The van der Waals surface area contributed by atoms with Crippen molar-refractivity contribution in [3.8, 4) is 0 Å². The zero-order chi connectivity index (χ0) is 18.9. The summed E-state index contributed by atoms with van der Waals surface area (Å²) >= 11 is 0. The Morgan fingerprint density at radius 1 is 1.19 bits per heavy atom. The second-order valence-corrected chi connectivity index (χ2v) is 7.41. The molecule has 1 aliphatic rings. The molecule has 0 saturated carbocycles. The molecular weight excluding hydrogens is 322 g/mol. The first kappa shape index (κ1) is 20.3. The highest BCUT2D eigenvalue weighted by Crippen LogP contribution is 2.27. The first-order chi connectivity index (χ1) is 12.5. The Morgan fingerprint density at radius 2 is 1.88 bits per heavy atom. The van der Waals surface area contributed by atoms with Crippen LogP contribution in [0.3, 0.4) is 0 Å². The van der Waals surface area contributed by atoms with Gasteiger partial charge in [0.1, 0.15) is 0 Å². The van der Waals surface area contributed by atoms with Crippen molar-refractivity contribution in [2.75, 3.05) is 26.2 Å². The molecule has 1 fully saturated rings. The van der Waals surface area contributed by atoms with Crippen LogP contribution in [0.5, 0.6) is 0 Å². The SMILES string of the molecule is C=C/C(=C\C=C(C)C)C(=O)CN1C[C@@H](CCc2ccccc2)[C@@H](CO)C1. The molecule has 1 aromatic rings. The van der Waals surface area contributed by atoms with Crippen LogP contribution >= 0.6 is 0 Å². The van der Waals surface area contributed by atoms with Crippen molar-refractivity contribution in [3.63, 3.8) is 0 Å². The number of carbonyl (C=O) groups excluding carboxylic acids is 1. The van der Waals surface area contributed by atoms with Gasteiger partial charge >= 0.3 is 0 Å². The quantitative estimate of drug-likeness (QED) is 0.542. The number of hydrogen-bond acceptors (Lipinski definition) is 3. The Kier molecular flexibility index (Phi) is 8.02. The van der Waals surface area contributed by atoms with Crippen molar-refractivity contribution in [1.29, 1.82) is 0 Å². The van der Waals surface area contributed by atoms with Crippen LogP contribution in [0.1, 0.15) is 25.8 Å².